The van der Waals surface area contributed by atoms with E-state index >= 15 is 0 Å². The molecule has 15 heavy (non-hydrogen) atoms. The van der Waals surface area contributed by atoms with Gasteiger partial charge in [0.1, 0.15) is 0 Å². The number of hydrogen-bond donors (Lipinski definition) is 0. The maximum Gasteiger partial charge on any atom is 0.337 e. The average molecular weight is 207 g/mol. The molecule has 1 rings (SSSR count). The third kappa shape index (κ3) is 3.05. The summed E-state index contributed by atoms with van der Waals surface area (Å²) in [6, 6.07) is 0. The Balaban J connectivity index is 3.06. The van der Waals surface area contributed by atoms with Crippen LogP contribution in [0, 0.1) is 5.41 Å². The number of nitrogens with zero attached hydrogens (tertiary/aromatic N) is 1. The number of ether oxygens (including phenoxy) is 1. The summed E-state index contributed by atoms with van der Waals surface area (Å²) >= 11 is 0. The van der Waals surface area contributed by atoms with Crippen molar-refractivity contribution >= 4 is 11.7 Å². The molecule has 1 aliphatic carbocycles. The molecule has 0 radical (unpaired) electrons. The summed E-state index contributed by atoms with van der Waals surface area (Å²) < 4.78 is 4.71. The normalized spacial score (nSPS) is 22.1. The Bertz CT molecular complexity index is 349. The Labute approximate surface area is 90.5 Å². The minimum Gasteiger partial charge on any atom is -0.465 e. The number of aliphatic imine (C=N–C) groups is 1. The highest BCUT2D eigenvalue weighted by molar-refractivity contribution is 6.00. The van der Waals surface area contributed by atoms with E-state index < -0.39 is 0 Å². The van der Waals surface area contributed by atoms with Crippen LogP contribution in [0.25, 0.3) is 0 Å². The maximum absolute atomic E-state index is 11.4. The zero-order valence-electron chi connectivity index (χ0n) is 9.70. The van der Waals surface area contributed by atoms with Crippen LogP contribution in [0.4, 0.5) is 0 Å². The molecule has 0 N–H and O–H groups in total. The van der Waals surface area contributed by atoms with Gasteiger partial charge in [-0.25, -0.2) is 4.79 Å². The SMILES string of the molecule is CN=C1C=CC(C(=O)OC)=CC(C)(C)C1. The van der Waals surface area contributed by atoms with E-state index in [0.717, 1.165) is 12.1 Å². The van der Waals surface area contributed by atoms with Crippen molar-refractivity contribution in [3.63, 3.8) is 0 Å². The quantitative estimate of drug-likeness (QED) is 0.618. The van der Waals surface area contributed by atoms with Gasteiger partial charge in [-0.2, -0.15) is 0 Å². The van der Waals surface area contributed by atoms with Crippen molar-refractivity contribution in [2.45, 2.75) is 20.3 Å². The molecule has 0 saturated carbocycles. The van der Waals surface area contributed by atoms with Crippen molar-refractivity contribution in [3.05, 3.63) is 23.8 Å². The van der Waals surface area contributed by atoms with Crippen molar-refractivity contribution in [2.24, 2.45) is 10.4 Å². The molecular weight excluding hydrogens is 190 g/mol. The second kappa shape index (κ2) is 4.43. The van der Waals surface area contributed by atoms with Gasteiger partial charge in [0.2, 0.25) is 0 Å². The van der Waals surface area contributed by atoms with Gasteiger partial charge in [-0.1, -0.05) is 19.9 Å². The molecule has 3 nitrogen and oxygen atoms in total. The zero-order chi connectivity index (χ0) is 11.5. The first-order chi connectivity index (χ1) is 6.98. The summed E-state index contributed by atoms with van der Waals surface area (Å²) in [7, 11) is 3.16. The average Bonchev–Trinajstić information content (AvgIpc) is 2.35. The molecule has 0 aromatic rings. The van der Waals surface area contributed by atoms with Crippen LogP contribution in [0.2, 0.25) is 0 Å². The van der Waals surface area contributed by atoms with E-state index in [1.807, 2.05) is 12.2 Å². The highest BCUT2D eigenvalue weighted by Gasteiger charge is 2.22. The number of allylic oxidation sites excluding steroid dienone is 2. The summed E-state index contributed by atoms with van der Waals surface area (Å²) in [6.45, 7) is 4.16. The summed E-state index contributed by atoms with van der Waals surface area (Å²) in [6.07, 6.45) is 6.41. The van der Waals surface area contributed by atoms with Gasteiger partial charge in [0.25, 0.3) is 0 Å². The van der Waals surface area contributed by atoms with Crippen molar-refractivity contribution in [1.29, 1.82) is 0 Å². The monoisotopic (exact) mass is 207 g/mol. The molecule has 3 heteroatoms. The van der Waals surface area contributed by atoms with E-state index in [4.69, 9.17) is 4.74 Å². The molecule has 0 spiro atoms. The van der Waals surface area contributed by atoms with E-state index in [1.165, 1.54) is 7.11 Å². The highest BCUT2D eigenvalue weighted by atomic mass is 16.5. The van der Waals surface area contributed by atoms with Crippen LogP contribution in [0.3, 0.4) is 0 Å². The fourth-order valence-electron chi connectivity index (χ4n) is 1.63. The fourth-order valence-corrected chi connectivity index (χ4v) is 1.63. The topological polar surface area (TPSA) is 38.7 Å². The second-order valence-corrected chi connectivity index (χ2v) is 4.30. The molecule has 0 atom stereocenters. The molecule has 0 unspecified atom stereocenters. The van der Waals surface area contributed by atoms with Crippen LogP contribution in [-0.4, -0.2) is 25.8 Å². The van der Waals surface area contributed by atoms with Crippen LogP contribution in [0.1, 0.15) is 20.3 Å². The number of carbonyl (C=O) groups is 1. The van der Waals surface area contributed by atoms with Crippen LogP contribution in [0.5, 0.6) is 0 Å². The molecule has 0 aromatic heterocycles. The summed E-state index contributed by atoms with van der Waals surface area (Å²) in [5, 5.41) is 0. The largest absolute Gasteiger partial charge is 0.465 e. The molecule has 0 aromatic carbocycles. The predicted molar refractivity (Wildman–Crippen MR) is 61.0 cm³/mol. The van der Waals surface area contributed by atoms with Gasteiger partial charge in [0.15, 0.2) is 0 Å². The molecule has 0 aliphatic heterocycles. The van der Waals surface area contributed by atoms with Crippen molar-refractivity contribution in [2.75, 3.05) is 14.2 Å². The second-order valence-electron chi connectivity index (χ2n) is 4.30. The smallest absolute Gasteiger partial charge is 0.337 e. The third-order valence-corrected chi connectivity index (χ3v) is 2.35. The number of hydrogen-bond acceptors (Lipinski definition) is 3. The van der Waals surface area contributed by atoms with Gasteiger partial charge in [0, 0.05) is 12.8 Å². The lowest BCUT2D eigenvalue weighted by Gasteiger charge is -2.19. The summed E-state index contributed by atoms with van der Waals surface area (Å²) in [5.41, 5.74) is 1.53. The first kappa shape index (κ1) is 11.7. The Hall–Kier alpha value is -1.38. The number of carbonyl (C=O) groups excluding carboxylic acids is 1. The molecule has 0 heterocycles. The van der Waals surface area contributed by atoms with E-state index in [2.05, 4.69) is 18.8 Å². The Morgan fingerprint density at radius 1 is 1.47 bits per heavy atom. The Morgan fingerprint density at radius 3 is 2.67 bits per heavy atom. The minimum atomic E-state index is -0.295. The van der Waals surface area contributed by atoms with Crippen LogP contribution < -0.4 is 0 Å². The van der Waals surface area contributed by atoms with Gasteiger partial charge in [-0.15, -0.1) is 0 Å². The van der Waals surface area contributed by atoms with Crippen molar-refractivity contribution < 1.29 is 9.53 Å². The zero-order valence-corrected chi connectivity index (χ0v) is 9.70. The van der Waals surface area contributed by atoms with Gasteiger partial charge in [0.05, 0.1) is 12.7 Å². The molecular formula is C12H17NO2. The molecule has 0 amide bonds. The standard InChI is InChI=1S/C12H17NO2/c1-12(2)7-9(11(14)15-4)5-6-10(8-12)13-3/h5-7H,8H2,1-4H3. The molecule has 0 fully saturated rings. The molecule has 1 aliphatic rings. The van der Waals surface area contributed by atoms with E-state index in [0.29, 0.717) is 5.57 Å². The molecule has 0 bridgehead atoms. The third-order valence-electron chi connectivity index (χ3n) is 2.35. The summed E-state index contributed by atoms with van der Waals surface area (Å²) in [4.78, 5) is 15.6. The van der Waals surface area contributed by atoms with Crippen LogP contribution >= 0.6 is 0 Å². The number of esters is 1. The van der Waals surface area contributed by atoms with Gasteiger partial charge >= 0.3 is 5.97 Å². The summed E-state index contributed by atoms with van der Waals surface area (Å²) in [5.74, 6) is -0.295. The number of methoxy groups -OCH3 is 1. The van der Waals surface area contributed by atoms with Gasteiger partial charge in [-0.3, -0.25) is 4.99 Å². The molecule has 82 valence electrons. The predicted octanol–water partition coefficient (Wildman–Crippen LogP) is 2.14. The lowest BCUT2D eigenvalue weighted by Crippen LogP contribution is -2.13. The Morgan fingerprint density at radius 2 is 2.13 bits per heavy atom. The first-order valence-electron chi connectivity index (χ1n) is 4.93. The highest BCUT2D eigenvalue weighted by Crippen LogP contribution is 2.28. The molecule has 0 saturated heterocycles. The van der Waals surface area contributed by atoms with Crippen LogP contribution in [0.15, 0.2) is 28.8 Å². The fraction of sp³-hybridized carbons (Fsp3) is 0.500. The van der Waals surface area contributed by atoms with Crippen LogP contribution in [-0.2, 0) is 9.53 Å². The van der Waals surface area contributed by atoms with E-state index in [9.17, 15) is 4.79 Å². The maximum atomic E-state index is 11.4. The van der Waals surface area contributed by atoms with Gasteiger partial charge in [-0.05, 0) is 24.0 Å². The van der Waals surface area contributed by atoms with E-state index in [1.54, 1.807) is 13.1 Å². The van der Waals surface area contributed by atoms with E-state index in [-0.39, 0.29) is 11.4 Å². The number of rotatable bonds is 1. The lowest BCUT2D eigenvalue weighted by molar-refractivity contribution is -0.135. The van der Waals surface area contributed by atoms with Gasteiger partial charge < -0.3 is 4.74 Å². The van der Waals surface area contributed by atoms with Crippen molar-refractivity contribution in [3.8, 4) is 0 Å². The minimum absolute atomic E-state index is 0.0676. The first-order valence-corrected chi connectivity index (χ1v) is 4.93. The lowest BCUT2D eigenvalue weighted by atomic mass is 9.86. The van der Waals surface area contributed by atoms with Crippen molar-refractivity contribution in [1.82, 2.24) is 0 Å². The Kier molecular flexibility index (Phi) is 3.45.